The fourth-order valence-electron chi connectivity index (χ4n) is 1.89. The van der Waals surface area contributed by atoms with Gasteiger partial charge in [0.05, 0.1) is 17.9 Å². The number of rotatable bonds is 6. The number of hydrogen-bond donors (Lipinski definition) is 2. The molecule has 0 aliphatic rings. The van der Waals surface area contributed by atoms with E-state index in [9.17, 15) is 4.39 Å². The van der Waals surface area contributed by atoms with Crippen LogP contribution in [0.3, 0.4) is 0 Å². The monoisotopic (exact) mass is 304 g/mol. The largest absolute Gasteiger partial charge is 0.494 e. The summed E-state index contributed by atoms with van der Waals surface area (Å²) in [5.74, 6) is 0.367. The highest BCUT2D eigenvalue weighted by atomic mass is 32.1. The molecule has 3 nitrogen and oxygen atoms in total. The van der Waals surface area contributed by atoms with Crippen molar-refractivity contribution in [3.05, 3.63) is 53.8 Å². The second-order valence-corrected chi connectivity index (χ2v) is 4.96. The predicted octanol–water partition coefficient (Wildman–Crippen LogP) is 3.99. The molecule has 0 fully saturated rings. The zero-order chi connectivity index (χ0) is 15.2. The maximum absolute atomic E-state index is 13.8. The number of nitrogens with two attached hydrogens (primary N) is 1. The summed E-state index contributed by atoms with van der Waals surface area (Å²) in [4.78, 5) is 0.0264. The highest BCUT2D eigenvalue weighted by Crippen LogP contribution is 2.24. The van der Waals surface area contributed by atoms with Crippen LogP contribution in [0.15, 0.2) is 42.5 Å². The van der Waals surface area contributed by atoms with Crippen molar-refractivity contribution >= 4 is 28.6 Å². The van der Waals surface area contributed by atoms with Gasteiger partial charge in [0.25, 0.3) is 0 Å². The molecule has 0 amide bonds. The van der Waals surface area contributed by atoms with Crippen LogP contribution in [0.1, 0.15) is 18.9 Å². The first kappa shape index (κ1) is 15.3. The van der Waals surface area contributed by atoms with Crippen LogP contribution in [-0.4, -0.2) is 11.6 Å². The van der Waals surface area contributed by atoms with Gasteiger partial charge >= 0.3 is 0 Å². The second kappa shape index (κ2) is 7.04. The first-order chi connectivity index (χ1) is 10.1. The van der Waals surface area contributed by atoms with Crippen LogP contribution in [0, 0.1) is 5.82 Å². The van der Waals surface area contributed by atoms with E-state index in [0.717, 1.165) is 17.9 Å². The Balaban J connectivity index is 2.19. The molecule has 3 N–H and O–H groups in total. The molecule has 0 aliphatic heterocycles. The molecule has 110 valence electrons. The van der Waals surface area contributed by atoms with Crippen molar-refractivity contribution in [3.63, 3.8) is 0 Å². The Morgan fingerprint density at radius 3 is 2.57 bits per heavy atom. The molecule has 0 aliphatic carbocycles. The average molecular weight is 304 g/mol. The van der Waals surface area contributed by atoms with E-state index in [-0.39, 0.29) is 10.6 Å². The van der Waals surface area contributed by atoms with Gasteiger partial charge in [0, 0.05) is 5.69 Å². The SMILES string of the molecule is CCCOc1ccc(Nc2cccc(F)c2C(N)=S)cc1. The van der Waals surface area contributed by atoms with Gasteiger partial charge in [-0.1, -0.05) is 25.2 Å². The van der Waals surface area contributed by atoms with Crippen LogP contribution in [0.2, 0.25) is 0 Å². The Labute approximate surface area is 128 Å². The van der Waals surface area contributed by atoms with Gasteiger partial charge in [-0.05, 0) is 42.8 Å². The lowest BCUT2D eigenvalue weighted by atomic mass is 10.1. The van der Waals surface area contributed by atoms with E-state index < -0.39 is 5.82 Å². The van der Waals surface area contributed by atoms with Gasteiger partial charge in [-0.15, -0.1) is 0 Å². The molecule has 5 heteroatoms. The van der Waals surface area contributed by atoms with Crippen molar-refractivity contribution in [3.8, 4) is 5.75 Å². The molecule has 21 heavy (non-hydrogen) atoms. The quantitative estimate of drug-likeness (QED) is 0.792. The second-order valence-electron chi connectivity index (χ2n) is 4.52. The number of halogens is 1. The Hall–Kier alpha value is -2.14. The third-order valence-electron chi connectivity index (χ3n) is 2.87. The zero-order valence-electron chi connectivity index (χ0n) is 11.7. The normalized spacial score (nSPS) is 10.2. The minimum absolute atomic E-state index is 0.0264. The average Bonchev–Trinajstić information content (AvgIpc) is 2.46. The van der Waals surface area contributed by atoms with Gasteiger partial charge < -0.3 is 15.8 Å². The molecule has 0 unspecified atom stereocenters. The van der Waals surface area contributed by atoms with Crippen molar-refractivity contribution < 1.29 is 9.13 Å². The topological polar surface area (TPSA) is 47.3 Å². The summed E-state index contributed by atoms with van der Waals surface area (Å²) in [6.45, 7) is 2.74. The number of anilines is 2. The van der Waals surface area contributed by atoms with Gasteiger partial charge in [0.15, 0.2) is 0 Å². The Morgan fingerprint density at radius 2 is 1.95 bits per heavy atom. The summed E-state index contributed by atoms with van der Waals surface area (Å²) < 4.78 is 19.3. The summed E-state index contributed by atoms with van der Waals surface area (Å²) in [5.41, 5.74) is 7.15. The van der Waals surface area contributed by atoms with Gasteiger partial charge in [-0.3, -0.25) is 0 Å². The predicted molar refractivity (Wildman–Crippen MR) is 87.8 cm³/mol. The van der Waals surface area contributed by atoms with Crippen LogP contribution in [0.5, 0.6) is 5.75 Å². The molecular weight excluding hydrogens is 287 g/mol. The van der Waals surface area contributed by atoms with Crippen LogP contribution in [-0.2, 0) is 0 Å². The Bertz CT molecular complexity index is 629. The lowest BCUT2D eigenvalue weighted by Gasteiger charge is -2.12. The van der Waals surface area contributed by atoms with Crippen LogP contribution in [0.25, 0.3) is 0 Å². The van der Waals surface area contributed by atoms with Gasteiger partial charge in [0.2, 0.25) is 0 Å². The first-order valence-electron chi connectivity index (χ1n) is 6.70. The van der Waals surface area contributed by atoms with Gasteiger partial charge in [-0.2, -0.15) is 0 Å². The van der Waals surface area contributed by atoms with Crippen molar-refractivity contribution in [1.82, 2.24) is 0 Å². The highest BCUT2D eigenvalue weighted by molar-refractivity contribution is 7.80. The Morgan fingerprint density at radius 1 is 1.24 bits per heavy atom. The number of nitrogens with one attached hydrogen (secondary N) is 1. The minimum atomic E-state index is -0.435. The summed E-state index contributed by atoms with van der Waals surface area (Å²) >= 11 is 4.90. The van der Waals surface area contributed by atoms with E-state index in [2.05, 4.69) is 12.2 Å². The molecule has 0 bridgehead atoms. The summed E-state index contributed by atoms with van der Waals surface area (Å²) in [7, 11) is 0. The number of hydrogen-bond acceptors (Lipinski definition) is 3. The van der Waals surface area contributed by atoms with Gasteiger partial charge in [0.1, 0.15) is 16.6 Å². The molecule has 0 heterocycles. The first-order valence-corrected chi connectivity index (χ1v) is 7.11. The molecule has 0 radical (unpaired) electrons. The lowest BCUT2D eigenvalue weighted by Crippen LogP contribution is -2.14. The molecule has 2 aromatic rings. The van der Waals surface area contributed by atoms with E-state index in [1.54, 1.807) is 12.1 Å². The maximum atomic E-state index is 13.8. The summed E-state index contributed by atoms with van der Waals surface area (Å²) in [6, 6.07) is 12.1. The fraction of sp³-hybridized carbons (Fsp3) is 0.188. The number of benzene rings is 2. The molecule has 0 spiro atoms. The fourth-order valence-corrected chi connectivity index (χ4v) is 2.10. The van der Waals surface area contributed by atoms with E-state index >= 15 is 0 Å². The van der Waals surface area contributed by atoms with E-state index in [1.165, 1.54) is 6.07 Å². The van der Waals surface area contributed by atoms with E-state index in [1.807, 2.05) is 24.3 Å². The van der Waals surface area contributed by atoms with Crippen LogP contribution >= 0.6 is 12.2 Å². The zero-order valence-corrected chi connectivity index (χ0v) is 12.5. The lowest BCUT2D eigenvalue weighted by molar-refractivity contribution is 0.317. The molecule has 0 aromatic heterocycles. The summed E-state index contributed by atoms with van der Waals surface area (Å²) in [5, 5.41) is 3.11. The molecular formula is C16H17FN2OS. The number of thiocarbonyl (C=S) groups is 1. The van der Waals surface area contributed by atoms with Crippen LogP contribution < -0.4 is 15.8 Å². The van der Waals surface area contributed by atoms with Crippen molar-refractivity contribution in [2.45, 2.75) is 13.3 Å². The standard InChI is InChI=1S/C16H17FN2OS/c1-2-10-20-12-8-6-11(7-9-12)19-14-5-3-4-13(17)15(14)16(18)21/h3-9,19H,2,10H2,1H3,(H2,18,21). The number of ether oxygens (including phenoxy) is 1. The molecule has 0 saturated carbocycles. The summed E-state index contributed by atoms with van der Waals surface area (Å²) in [6.07, 6.45) is 0.959. The smallest absolute Gasteiger partial charge is 0.135 e. The third-order valence-corrected chi connectivity index (χ3v) is 3.07. The molecule has 0 atom stereocenters. The minimum Gasteiger partial charge on any atom is -0.494 e. The highest BCUT2D eigenvalue weighted by Gasteiger charge is 2.11. The van der Waals surface area contributed by atoms with E-state index in [0.29, 0.717) is 12.3 Å². The van der Waals surface area contributed by atoms with Crippen molar-refractivity contribution in [2.75, 3.05) is 11.9 Å². The van der Waals surface area contributed by atoms with E-state index in [4.69, 9.17) is 22.7 Å². The van der Waals surface area contributed by atoms with Crippen molar-refractivity contribution in [2.24, 2.45) is 5.73 Å². The van der Waals surface area contributed by atoms with Crippen molar-refractivity contribution in [1.29, 1.82) is 0 Å². The molecule has 2 aromatic carbocycles. The molecule has 0 saturated heterocycles. The maximum Gasteiger partial charge on any atom is 0.135 e. The molecule has 2 rings (SSSR count). The third kappa shape index (κ3) is 3.92. The van der Waals surface area contributed by atoms with Crippen LogP contribution in [0.4, 0.5) is 15.8 Å². The Kier molecular flexibility index (Phi) is 5.11. The van der Waals surface area contributed by atoms with Gasteiger partial charge in [-0.25, -0.2) is 4.39 Å².